The van der Waals surface area contributed by atoms with Gasteiger partial charge in [-0.1, -0.05) is 0 Å². The van der Waals surface area contributed by atoms with Gasteiger partial charge >= 0.3 is 0 Å². The molecule has 1 aliphatic rings. The van der Waals surface area contributed by atoms with Crippen molar-refractivity contribution in [3.05, 3.63) is 36.0 Å². The summed E-state index contributed by atoms with van der Waals surface area (Å²) in [7, 11) is 1.68. The zero-order chi connectivity index (χ0) is 15.5. The quantitative estimate of drug-likeness (QED) is 0.930. The number of aromatic nitrogens is 2. The number of aryl methyl sites for hydroxylation is 1. The van der Waals surface area contributed by atoms with Gasteiger partial charge in [-0.3, -0.25) is 0 Å². The van der Waals surface area contributed by atoms with E-state index in [0.717, 1.165) is 43.4 Å². The van der Waals surface area contributed by atoms with Gasteiger partial charge in [-0.05, 0) is 31.2 Å². The second-order valence-electron chi connectivity index (χ2n) is 5.40. The third kappa shape index (κ3) is 3.05. The highest BCUT2D eigenvalue weighted by molar-refractivity contribution is 5.52. The van der Waals surface area contributed by atoms with E-state index in [1.807, 2.05) is 25.1 Å². The van der Waals surface area contributed by atoms with Gasteiger partial charge in [0.2, 0.25) is 5.95 Å². The molecule has 0 radical (unpaired) electrons. The second-order valence-corrected chi connectivity index (χ2v) is 5.40. The number of nitrogens with two attached hydrogens (primary N) is 1. The first-order chi connectivity index (χ1) is 10.7. The molecule has 1 aliphatic heterocycles. The third-order valence-electron chi connectivity index (χ3n) is 3.90. The van der Waals surface area contributed by atoms with Gasteiger partial charge < -0.3 is 20.3 Å². The second kappa shape index (κ2) is 6.09. The molecule has 6 nitrogen and oxygen atoms in total. The van der Waals surface area contributed by atoms with Crippen molar-refractivity contribution in [2.45, 2.75) is 6.92 Å². The molecular formula is C16H21N5O. The maximum Gasteiger partial charge on any atom is 0.222 e. The normalized spacial score (nSPS) is 15.0. The molecule has 0 atom stereocenters. The Kier molecular flexibility index (Phi) is 4.00. The van der Waals surface area contributed by atoms with Crippen LogP contribution >= 0.6 is 0 Å². The molecule has 2 aromatic rings. The number of anilines is 3. The molecule has 0 unspecified atom stereocenters. The van der Waals surface area contributed by atoms with Gasteiger partial charge in [-0.15, -0.1) is 0 Å². The summed E-state index contributed by atoms with van der Waals surface area (Å²) in [5.41, 5.74) is 7.86. The van der Waals surface area contributed by atoms with Crippen LogP contribution in [0.25, 0.3) is 0 Å². The molecule has 0 amide bonds. The van der Waals surface area contributed by atoms with E-state index in [1.165, 1.54) is 5.69 Å². The summed E-state index contributed by atoms with van der Waals surface area (Å²) in [4.78, 5) is 13.1. The molecule has 22 heavy (non-hydrogen) atoms. The van der Waals surface area contributed by atoms with Crippen molar-refractivity contribution in [1.29, 1.82) is 0 Å². The SMILES string of the molecule is COc1ccc(N2CCN(c3cc(C)nc(N)n3)CC2)cc1. The van der Waals surface area contributed by atoms with Crippen molar-refractivity contribution in [2.24, 2.45) is 0 Å². The van der Waals surface area contributed by atoms with Crippen LogP contribution in [0.1, 0.15) is 5.69 Å². The minimum absolute atomic E-state index is 0.340. The molecule has 2 heterocycles. The van der Waals surface area contributed by atoms with Gasteiger partial charge in [0.25, 0.3) is 0 Å². The molecule has 2 N–H and O–H groups in total. The molecule has 1 aromatic carbocycles. The molecular weight excluding hydrogens is 278 g/mol. The topological polar surface area (TPSA) is 67.5 Å². The fourth-order valence-electron chi connectivity index (χ4n) is 2.72. The van der Waals surface area contributed by atoms with Gasteiger partial charge in [-0.2, -0.15) is 4.98 Å². The van der Waals surface area contributed by atoms with E-state index in [-0.39, 0.29) is 0 Å². The first kappa shape index (κ1) is 14.4. The Labute approximate surface area is 130 Å². The number of ether oxygens (including phenoxy) is 1. The Bertz CT molecular complexity index is 615. The number of piperazine rings is 1. The van der Waals surface area contributed by atoms with Crippen LogP contribution in [-0.2, 0) is 0 Å². The Morgan fingerprint density at radius 3 is 2.23 bits per heavy atom. The molecule has 0 bridgehead atoms. The van der Waals surface area contributed by atoms with Crippen LogP contribution in [0, 0.1) is 6.92 Å². The van der Waals surface area contributed by atoms with Gasteiger partial charge in [-0.25, -0.2) is 4.98 Å². The third-order valence-corrected chi connectivity index (χ3v) is 3.90. The standard InChI is InChI=1S/C16H21N5O/c1-12-11-15(19-16(17)18-12)21-9-7-20(8-10-21)13-3-5-14(22-2)6-4-13/h3-6,11H,7-10H2,1-2H3,(H2,17,18,19). The highest BCUT2D eigenvalue weighted by Crippen LogP contribution is 2.22. The smallest absolute Gasteiger partial charge is 0.222 e. The van der Waals surface area contributed by atoms with E-state index in [2.05, 4.69) is 31.9 Å². The molecule has 116 valence electrons. The number of hydrogen-bond acceptors (Lipinski definition) is 6. The Balaban J connectivity index is 1.66. The van der Waals surface area contributed by atoms with E-state index in [1.54, 1.807) is 7.11 Å². The van der Waals surface area contributed by atoms with E-state index in [9.17, 15) is 0 Å². The Morgan fingerprint density at radius 2 is 1.64 bits per heavy atom. The van der Waals surface area contributed by atoms with Crippen molar-refractivity contribution in [2.75, 3.05) is 48.8 Å². The summed E-state index contributed by atoms with van der Waals surface area (Å²) < 4.78 is 5.20. The Morgan fingerprint density at radius 1 is 1.00 bits per heavy atom. The van der Waals surface area contributed by atoms with Crippen LogP contribution in [0.4, 0.5) is 17.5 Å². The highest BCUT2D eigenvalue weighted by atomic mass is 16.5. The van der Waals surface area contributed by atoms with Crippen LogP contribution in [0.3, 0.4) is 0 Å². The molecule has 1 saturated heterocycles. The lowest BCUT2D eigenvalue weighted by atomic mass is 10.2. The number of benzene rings is 1. The van der Waals surface area contributed by atoms with Crippen LogP contribution in [-0.4, -0.2) is 43.3 Å². The largest absolute Gasteiger partial charge is 0.497 e. The van der Waals surface area contributed by atoms with Gasteiger partial charge in [0.1, 0.15) is 11.6 Å². The van der Waals surface area contributed by atoms with Crippen molar-refractivity contribution in [3.8, 4) is 5.75 Å². The van der Waals surface area contributed by atoms with Crippen LogP contribution in [0.5, 0.6) is 5.75 Å². The average Bonchev–Trinajstić information content (AvgIpc) is 2.54. The van der Waals surface area contributed by atoms with Gasteiger partial charge in [0, 0.05) is 43.6 Å². The molecule has 1 aromatic heterocycles. The molecule has 0 aliphatic carbocycles. The Hall–Kier alpha value is -2.50. The molecule has 3 rings (SSSR count). The maximum atomic E-state index is 5.74. The first-order valence-corrected chi connectivity index (χ1v) is 7.41. The van der Waals surface area contributed by atoms with Crippen LogP contribution in [0.15, 0.2) is 30.3 Å². The predicted molar refractivity (Wildman–Crippen MR) is 88.6 cm³/mol. The van der Waals surface area contributed by atoms with E-state index in [0.29, 0.717) is 5.95 Å². The van der Waals surface area contributed by atoms with E-state index in [4.69, 9.17) is 10.5 Å². The van der Waals surface area contributed by atoms with Gasteiger partial charge in [0.15, 0.2) is 0 Å². The number of rotatable bonds is 3. The number of hydrogen-bond donors (Lipinski definition) is 1. The lowest BCUT2D eigenvalue weighted by Gasteiger charge is -2.36. The maximum absolute atomic E-state index is 5.74. The number of nitrogen functional groups attached to an aromatic ring is 1. The monoisotopic (exact) mass is 299 g/mol. The number of nitrogens with zero attached hydrogens (tertiary/aromatic N) is 4. The van der Waals surface area contributed by atoms with Crippen molar-refractivity contribution >= 4 is 17.5 Å². The first-order valence-electron chi connectivity index (χ1n) is 7.41. The summed E-state index contributed by atoms with van der Waals surface area (Å²) in [6.07, 6.45) is 0. The summed E-state index contributed by atoms with van der Waals surface area (Å²) in [5.74, 6) is 2.14. The molecule has 6 heteroatoms. The predicted octanol–water partition coefficient (Wildman–Crippen LogP) is 1.70. The fraction of sp³-hybridized carbons (Fsp3) is 0.375. The van der Waals surface area contributed by atoms with Crippen molar-refractivity contribution in [1.82, 2.24) is 9.97 Å². The average molecular weight is 299 g/mol. The summed E-state index contributed by atoms with van der Waals surface area (Å²) in [6, 6.07) is 10.2. The van der Waals surface area contributed by atoms with E-state index < -0.39 is 0 Å². The zero-order valence-electron chi connectivity index (χ0n) is 13.0. The fourth-order valence-corrected chi connectivity index (χ4v) is 2.72. The minimum Gasteiger partial charge on any atom is -0.497 e. The summed E-state index contributed by atoms with van der Waals surface area (Å²) >= 11 is 0. The number of methoxy groups -OCH3 is 1. The van der Waals surface area contributed by atoms with Crippen molar-refractivity contribution in [3.63, 3.8) is 0 Å². The zero-order valence-corrected chi connectivity index (χ0v) is 13.0. The van der Waals surface area contributed by atoms with E-state index >= 15 is 0 Å². The molecule has 0 saturated carbocycles. The summed E-state index contributed by atoms with van der Waals surface area (Å²) in [5, 5.41) is 0. The lowest BCUT2D eigenvalue weighted by molar-refractivity contribution is 0.415. The lowest BCUT2D eigenvalue weighted by Crippen LogP contribution is -2.46. The van der Waals surface area contributed by atoms with Gasteiger partial charge in [0.05, 0.1) is 7.11 Å². The van der Waals surface area contributed by atoms with Crippen molar-refractivity contribution < 1.29 is 4.74 Å². The molecule has 0 spiro atoms. The highest BCUT2D eigenvalue weighted by Gasteiger charge is 2.19. The summed E-state index contributed by atoms with van der Waals surface area (Å²) in [6.45, 7) is 5.68. The molecule has 1 fully saturated rings. The van der Waals surface area contributed by atoms with Crippen LogP contribution < -0.4 is 20.3 Å². The van der Waals surface area contributed by atoms with Crippen LogP contribution in [0.2, 0.25) is 0 Å². The minimum atomic E-state index is 0.340.